The van der Waals surface area contributed by atoms with Crippen molar-refractivity contribution in [3.8, 4) is 0 Å². The molecule has 0 fully saturated rings. The van der Waals surface area contributed by atoms with Crippen LogP contribution in [0.5, 0.6) is 0 Å². The molecular formula is C18H22N2. The van der Waals surface area contributed by atoms with Crippen LogP contribution in [0, 0.1) is 0 Å². The predicted octanol–water partition coefficient (Wildman–Crippen LogP) is 3.46. The third-order valence-corrected chi connectivity index (χ3v) is 4.69. The van der Waals surface area contributed by atoms with Crippen molar-refractivity contribution in [2.24, 2.45) is 5.73 Å². The van der Waals surface area contributed by atoms with Gasteiger partial charge in [0, 0.05) is 23.3 Å². The lowest BCUT2D eigenvalue weighted by Gasteiger charge is -2.35. The molecule has 2 heteroatoms. The van der Waals surface area contributed by atoms with Crippen molar-refractivity contribution in [1.29, 1.82) is 0 Å². The van der Waals surface area contributed by atoms with Gasteiger partial charge in [-0.25, -0.2) is 0 Å². The van der Waals surface area contributed by atoms with Crippen LogP contribution in [0.1, 0.15) is 42.5 Å². The molecule has 3 rings (SSSR count). The Morgan fingerprint density at radius 1 is 1.20 bits per heavy atom. The second-order valence-corrected chi connectivity index (χ2v) is 5.89. The third-order valence-electron chi connectivity index (χ3n) is 4.69. The molecule has 104 valence electrons. The first-order chi connectivity index (χ1) is 9.73. The molecule has 0 saturated carbocycles. The largest absolute Gasteiger partial charge is 0.324 e. The maximum absolute atomic E-state index is 6.81. The molecule has 1 aliphatic rings. The van der Waals surface area contributed by atoms with E-state index in [2.05, 4.69) is 48.3 Å². The van der Waals surface area contributed by atoms with Crippen molar-refractivity contribution in [2.75, 3.05) is 0 Å². The van der Waals surface area contributed by atoms with Gasteiger partial charge in [0.2, 0.25) is 0 Å². The van der Waals surface area contributed by atoms with Crippen LogP contribution >= 0.6 is 0 Å². The number of aryl methyl sites for hydroxylation is 1. The Bertz CT molecular complexity index is 579. The lowest BCUT2D eigenvalue weighted by Crippen LogP contribution is -2.47. The lowest BCUT2D eigenvalue weighted by atomic mass is 9.76. The van der Waals surface area contributed by atoms with Crippen molar-refractivity contribution < 1.29 is 0 Å². The Kier molecular flexibility index (Phi) is 3.58. The minimum Gasteiger partial charge on any atom is -0.324 e. The molecule has 2 atom stereocenters. The van der Waals surface area contributed by atoms with E-state index in [-0.39, 0.29) is 5.54 Å². The Labute approximate surface area is 121 Å². The normalized spacial score (nSPS) is 20.4. The zero-order valence-electron chi connectivity index (χ0n) is 12.0. The summed E-state index contributed by atoms with van der Waals surface area (Å²) in [7, 11) is 0. The standard InChI is InChI=1S/C18H22N2/c1-2-18(19,13-14-7-4-3-5-8-14)16-11-10-15-9-6-12-20-17(15)16/h3-9,12,16H,2,10-11,13,19H2,1H3. The van der Waals surface area contributed by atoms with Gasteiger partial charge in [-0.1, -0.05) is 43.3 Å². The monoisotopic (exact) mass is 266 g/mol. The van der Waals surface area contributed by atoms with Gasteiger partial charge in [0.05, 0.1) is 0 Å². The fraction of sp³-hybridized carbons (Fsp3) is 0.389. The topological polar surface area (TPSA) is 38.9 Å². The molecule has 2 aromatic rings. The third kappa shape index (κ3) is 2.36. The molecule has 2 nitrogen and oxygen atoms in total. The summed E-state index contributed by atoms with van der Waals surface area (Å²) >= 11 is 0. The van der Waals surface area contributed by atoms with Crippen molar-refractivity contribution >= 4 is 0 Å². The van der Waals surface area contributed by atoms with Crippen molar-refractivity contribution in [2.45, 2.75) is 44.1 Å². The van der Waals surface area contributed by atoms with E-state index in [0.29, 0.717) is 5.92 Å². The van der Waals surface area contributed by atoms with E-state index in [1.165, 1.54) is 16.8 Å². The van der Waals surface area contributed by atoms with E-state index >= 15 is 0 Å². The summed E-state index contributed by atoms with van der Waals surface area (Å²) in [6.45, 7) is 2.20. The number of benzene rings is 1. The van der Waals surface area contributed by atoms with E-state index in [9.17, 15) is 0 Å². The molecule has 1 aromatic heterocycles. The Morgan fingerprint density at radius 3 is 2.75 bits per heavy atom. The number of nitrogens with two attached hydrogens (primary N) is 1. The minimum atomic E-state index is -0.193. The first-order valence-corrected chi connectivity index (χ1v) is 7.49. The van der Waals surface area contributed by atoms with E-state index in [1.807, 2.05) is 12.3 Å². The molecular weight excluding hydrogens is 244 g/mol. The van der Waals surface area contributed by atoms with Crippen LogP contribution in [0.2, 0.25) is 0 Å². The second-order valence-electron chi connectivity index (χ2n) is 5.89. The number of hydrogen-bond acceptors (Lipinski definition) is 2. The van der Waals surface area contributed by atoms with E-state index in [0.717, 1.165) is 25.7 Å². The van der Waals surface area contributed by atoms with Crippen LogP contribution in [-0.2, 0) is 12.8 Å². The minimum absolute atomic E-state index is 0.193. The first-order valence-electron chi connectivity index (χ1n) is 7.49. The number of fused-ring (bicyclic) bond motifs is 1. The summed E-state index contributed by atoms with van der Waals surface area (Å²) in [6, 6.07) is 14.8. The van der Waals surface area contributed by atoms with Crippen LogP contribution in [-0.4, -0.2) is 10.5 Å². The van der Waals surface area contributed by atoms with Crippen molar-refractivity contribution in [3.05, 3.63) is 65.5 Å². The number of pyridine rings is 1. The van der Waals surface area contributed by atoms with Gasteiger partial charge in [-0.3, -0.25) is 4.98 Å². The van der Waals surface area contributed by atoms with Crippen LogP contribution in [0.15, 0.2) is 48.7 Å². The van der Waals surface area contributed by atoms with Gasteiger partial charge in [-0.15, -0.1) is 0 Å². The molecule has 0 bridgehead atoms. The molecule has 1 heterocycles. The van der Waals surface area contributed by atoms with Gasteiger partial charge in [0.1, 0.15) is 0 Å². The zero-order chi connectivity index (χ0) is 14.0. The lowest BCUT2D eigenvalue weighted by molar-refractivity contribution is 0.323. The van der Waals surface area contributed by atoms with Crippen LogP contribution < -0.4 is 5.73 Å². The average molecular weight is 266 g/mol. The van der Waals surface area contributed by atoms with Crippen molar-refractivity contribution in [1.82, 2.24) is 4.98 Å². The van der Waals surface area contributed by atoms with Gasteiger partial charge in [0.15, 0.2) is 0 Å². The maximum atomic E-state index is 6.81. The molecule has 0 radical (unpaired) electrons. The molecule has 1 aromatic carbocycles. The van der Waals surface area contributed by atoms with E-state index in [4.69, 9.17) is 5.73 Å². The van der Waals surface area contributed by atoms with E-state index in [1.54, 1.807) is 0 Å². The van der Waals surface area contributed by atoms with Gasteiger partial charge in [-0.05, 0) is 42.9 Å². The van der Waals surface area contributed by atoms with Gasteiger partial charge >= 0.3 is 0 Å². The number of aromatic nitrogens is 1. The number of hydrogen-bond donors (Lipinski definition) is 1. The second kappa shape index (κ2) is 5.37. The Balaban J connectivity index is 1.90. The molecule has 0 aliphatic heterocycles. The first kappa shape index (κ1) is 13.3. The zero-order valence-corrected chi connectivity index (χ0v) is 12.0. The smallest absolute Gasteiger partial charge is 0.0485 e. The van der Waals surface area contributed by atoms with Gasteiger partial charge in [-0.2, -0.15) is 0 Å². The van der Waals surface area contributed by atoms with Gasteiger partial charge < -0.3 is 5.73 Å². The molecule has 0 saturated heterocycles. The number of nitrogens with zero attached hydrogens (tertiary/aromatic N) is 1. The van der Waals surface area contributed by atoms with Crippen molar-refractivity contribution in [3.63, 3.8) is 0 Å². The van der Waals surface area contributed by atoms with E-state index < -0.39 is 0 Å². The van der Waals surface area contributed by atoms with Crippen LogP contribution in [0.4, 0.5) is 0 Å². The average Bonchev–Trinajstić information content (AvgIpc) is 2.93. The summed E-state index contributed by atoms with van der Waals surface area (Å²) in [4.78, 5) is 4.62. The summed E-state index contributed by atoms with van der Waals surface area (Å²) in [5.74, 6) is 0.379. The highest BCUT2D eigenvalue weighted by Crippen LogP contribution is 2.41. The Hall–Kier alpha value is -1.67. The molecule has 1 aliphatic carbocycles. The summed E-state index contributed by atoms with van der Waals surface area (Å²) < 4.78 is 0. The summed E-state index contributed by atoms with van der Waals surface area (Å²) in [5, 5.41) is 0. The van der Waals surface area contributed by atoms with Gasteiger partial charge in [0.25, 0.3) is 0 Å². The molecule has 20 heavy (non-hydrogen) atoms. The highest BCUT2D eigenvalue weighted by Gasteiger charge is 2.39. The SMILES string of the molecule is CCC(N)(Cc1ccccc1)C1CCc2cccnc21. The molecule has 0 spiro atoms. The highest BCUT2D eigenvalue weighted by atomic mass is 14.8. The molecule has 0 amide bonds. The summed E-state index contributed by atoms with van der Waals surface area (Å²) in [5.41, 5.74) is 10.5. The Morgan fingerprint density at radius 2 is 2.00 bits per heavy atom. The number of rotatable bonds is 4. The highest BCUT2D eigenvalue weighted by molar-refractivity contribution is 5.33. The predicted molar refractivity (Wildman–Crippen MR) is 82.7 cm³/mol. The summed E-state index contributed by atoms with van der Waals surface area (Å²) in [6.07, 6.45) is 6.04. The fourth-order valence-electron chi connectivity index (χ4n) is 3.44. The quantitative estimate of drug-likeness (QED) is 0.920. The fourth-order valence-corrected chi connectivity index (χ4v) is 3.44. The molecule has 2 N–H and O–H groups in total. The van der Waals surface area contributed by atoms with Crippen LogP contribution in [0.25, 0.3) is 0 Å². The van der Waals surface area contributed by atoms with Crippen LogP contribution in [0.3, 0.4) is 0 Å². The molecule has 2 unspecified atom stereocenters. The maximum Gasteiger partial charge on any atom is 0.0485 e.